The molecule has 0 aromatic heterocycles. The van der Waals surface area contributed by atoms with E-state index in [9.17, 15) is 8.42 Å². The number of anilines is 1. The van der Waals surface area contributed by atoms with E-state index in [1.807, 2.05) is 12.1 Å². The summed E-state index contributed by atoms with van der Waals surface area (Å²) in [5.74, 6) is 0. The number of fused-ring (bicyclic) bond motifs is 1. The minimum absolute atomic E-state index is 0.390. The maximum atomic E-state index is 11.6. The smallest absolute Gasteiger partial charge is 0.175 e. The maximum absolute atomic E-state index is 11.6. The molecule has 0 bridgehead atoms. The number of sulfone groups is 1. The molecule has 0 spiro atoms. The van der Waals surface area contributed by atoms with Gasteiger partial charge < -0.3 is 10.2 Å². The number of benzene rings is 1. The highest BCUT2D eigenvalue weighted by atomic mass is 32.2. The van der Waals surface area contributed by atoms with Crippen LogP contribution in [0, 0.1) is 0 Å². The van der Waals surface area contributed by atoms with Crippen molar-refractivity contribution in [1.82, 2.24) is 4.90 Å². The monoisotopic (exact) mass is 294 g/mol. The SMILES string of the molecule is CS(=O)(=O)c1cccc(NC2CCN3CCCC3C2)c1. The van der Waals surface area contributed by atoms with Gasteiger partial charge in [0, 0.05) is 30.6 Å². The Morgan fingerprint density at radius 3 is 2.90 bits per heavy atom. The highest BCUT2D eigenvalue weighted by Gasteiger charge is 2.31. The molecule has 2 saturated heterocycles. The van der Waals surface area contributed by atoms with Crippen LogP contribution < -0.4 is 5.32 Å². The molecule has 20 heavy (non-hydrogen) atoms. The first-order valence-electron chi connectivity index (χ1n) is 7.33. The third-order valence-electron chi connectivity index (χ3n) is 4.45. The van der Waals surface area contributed by atoms with Crippen molar-refractivity contribution >= 4 is 15.5 Å². The molecule has 1 aromatic rings. The summed E-state index contributed by atoms with van der Waals surface area (Å²) in [4.78, 5) is 2.98. The van der Waals surface area contributed by atoms with Gasteiger partial charge in [-0.05, 0) is 50.4 Å². The summed E-state index contributed by atoms with van der Waals surface area (Å²) < 4.78 is 23.2. The van der Waals surface area contributed by atoms with Gasteiger partial charge >= 0.3 is 0 Å². The normalized spacial score (nSPS) is 27.2. The van der Waals surface area contributed by atoms with Crippen molar-refractivity contribution in [2.45, 2.75) is 42.7 Å². The van der Waals surface area contributed by atoms with Gasteiger partial charge in [-0.1, -0.05) is 6.07 Å². The van der Waals surface area contributed by atoms with Crippen LogP contribution in [0.15, 0.2) is 29.2 Å². The highest BCUT2D eigenvalue weighted by molar-refractivity contribution is 7.90. The van der Waals surface area contributed by atoms with E-state index in [0.29, 0.717) is 10.9 Å². The van der Waals surface area contributed by atoms with Crippen LogP contribution in [0.3, 0.4) is 0 Å². The lowest BCUT2D eigenvalue weighted by atomic mass is 9.97. The van der Waals surface area contributed by atoms with E-state index in [-0.39, 0.29) is 0 Å². The Morgan fingerprint density at radius 1 is 1.25 bits per heavy atom. The van der Waals surface area contributed by atoms with Crippen LogP contribution in [-0.4, -0.2) is 44.7 Å². The van der Waals surface area contributed by atoms with Crippen molar-refractivity contribution in [3.05, 3.63) is 24.3 Å². The van der Waals surface area contributed by atoms with Crippen LogP contribution in [0.1, 0.15) is 25.7 Å². The summed E-state index contributed by atoms with van der Waals surface area (Å²) in [7, 11) is -3.13. The minimum atomic E-state index is -3.13. The number of hydrogen-bond donors (Lipinski definition) is 1. The average molecular weight is 294 g/mol. The topological polar surface area (TPSA) is 49.4 Å². The van der Waals surface area contributed by atoms with Crippen molar-refractivity contribution in [2.75, 3.05) is 24.7 Å². The molecule has 0 aliphatic carbocycles. The van der Waals surface area contributed by atoms with Gasteiger partial charge in [0.2, 0.25) is 0 Å². The second kappa shape index (κ2) is 5.37. The molecule has 2 aliphatic heterocycles. The molecule has 110 valence electrons. The van der Waals surface area contributed by atoms with Crippen molar-refractivity contribution in [2.24, 2.45) is 0 Å². The van der Waals surface area contributed by atoms with E-state index >= 15 is 0 Å². The Balaban J connectivity index is 1.69. The highest BCUT2D eigenvalue weighted by Crippen LogP contribution is 2.28. The van der Waals surface area contributed by atoms with Gasteiger partial charge in [0.05, 0.1) is 4.90 Å². The average Bonchev–Trinajstić information content (AvgIpc) is 2.85. The summed E-state index contributed by atoms with van der Waals surface area (Å²) in [6.45, 7) is 2.41. The second-order valence-electron chi connectivity index (χ2n) is 6.00. The summed E-state index contributed by atoms with van der Waals surface area (Å²) in [5, 5.41) is 3.51. The summed E-state index contributed by atoms with van der Waals surface area (Å²) >= 11 is 0. The summed E-state index contributed by atoms with van der Waals surface area (Å²) in [6, 6.07) is 8.35. The minimum Gasteiger partial charge on any atom is -0.382 e. The predicted molar refractivity (Wildman–Crippen MR) is 80.8 cm³/mol. The van der Waals surface area contributed by atoms with E-state index in [2.05, 4.69) is 10.2 Å². The third-order valence-corrected chi connectivity index (χ3v) is 5.56. The molecule has 5 heteroatoms. The molecule has 2 fully saturated rings. The van der Waals surface area contributed by atoms with Crippen molar-refractivity contribution < 1.29 is 8.42 Å². The fraction of sp³-hybridized carbons (Fsp3) is 0.600. The Kier molecular flexibility index (Phi) is 3.73. The van der Waals surface area contributed by atoms with Gasteiger partial charge in [0.25, 0.3) is 0 Å². The molecule has 1 aromatic carbocycles. The first-order chi connectivity index (χ1) is 9.52. The van der Waals surface area contributed by atoms with Gasteiger partial charge in [-0.2, -0.15) is 0 Å². The molecule has 2 atom stereocenters. The molecule has 3 rings (SSSR count). The van der Waals surface area contributed by atoms with Crippen LogP contribution in [0.25, 0.3) is 0 Å². The van der Waals surface area contributed by atoms with E-state index in [0.717, 1.165) is 24.7 Å². The lowest BCUT2D eigenvalue weighted by molar-refractivity contribution is 0.188. The fourth-order valence-electron chi connectivity index (χ4n) is 3.41. The van der Waals surface area contributed by atoms with Crippen LogP contribution in [0.4, 0.5) is 5.69 Å². The van der Waals surface area contributed by atoms with Crippen molar-refractivity contribution in [3.8, 4) is 0 Å². The largest absolute Gasteiger partial charge is 0.382 e. The van der Waals surface area contributed by atoms with Gasteiger partial charge in [0.1, 0.15) is 0 Å². The van der Waals surface area contributed by atoms with Crippen LogP contribution in [0.5, 0.6) is 0 Å². The zero-order chi connectivity index (χ0) is 14.2. The molecular weight excluding hydrogens is 272 g/mol. The number of nitrogens with zero attached hydrogens (tertiary/aromatic N) is 1. The first-order valence-corrected chi connectivity index (χ1v) is 9.22. The predicted octanol–water partition coefficient (Wildman–Crippen LogP) is 2.13. The van der Waals surface area contributed by atoms with Crippen LogP contribution in [-0.2, 0) is 9.84 Å². The lowest BCUT2D eigenvalue weighted by Gasteiger charge is -2.35. The van der Waals surface area contributed by atoms with Crippen molar-refractivity contribution in [1.29, 1.82) is 0 Å². The third kappa shape index (κ3) is 2.99. The molecule has 4 nitrogen and oxygen atoms in total. The molecular formula is C15H22N2O2S. The standard InChI is InChI=1S/C15H22N2O2S/c1-20(18,19)15-6-2-4-12(11-15)16-13-7-9-17-8-3-5-14(17)10-13/h2,4,6,11,13-14,16H,3,5,7-10H2,1H3. The number of hydrogen-bond acceptors (Lipinski definition) is 4. The number of piperidine rings is 1. The fourth-order valence-corrected chi connectivity index (χ4v) is 4.07. The number of nitrogens with one attached hydrogen (secondary N) is 1. The Labute approximate surface area is 121 Å². The quantitative estimate of drug-likeness (QED) is 0.928. The molecule has 0 saturated carbocycles. The second-order valence-corrected chi connectivity index (χ2v) is 8.01. The van der Waals surface area contributed by atoms with Crippen LogP contribution >= 0.6 is 0 Å². The Morgan fingerprint density at radius 2 is 2.10 bits per heavy atom. The van der Waals surface area contributed by atoms with Crippen molar-refractivity contribution in [3.63, 3.8) is 0 Å². The zero-order valence-electron chi connectivity index (χ0n) is 11.9. The summed E-state index contributed by atoms with van der Waals surface area (Å²) in [6.07, 6.45) is 6.19. The maximum Gasteiger partial charge on any atom is 0.175 e. The zero-order valence-corrected chi connectivity index (χ0v) is 12.7. The molecule has 0 radical (unpaired) electrons. The molecule has 2 unspecified atom stereocenters. The van der Waals surface area contributed by atoms with E-state index < -0.39 is 9.84 Å². The van der Waals surface area contributed by atoms with E-state index in [1.54, 1.807) is 12.1 Å². The van der Waals surface area contributed by atoms with E-state index in [4.69, 9.17) is 0 Å². The Hall–Kier alpha value is -1.07. The van der Waals surface area contributed by atoms with Gasteiger partial charge in [-0.25, -0.2) is 8.42 Å². The van der Waals surface area contributed by atoms with Gasteiger partial charge in [-0.15, -0.1) is 0 Å². The molecule has 2 aliphatic rings. The molecule has 2 heterocycles. The molecule has 1 N–H and O–H groups in total. The van der Waals surface area contributed by atoms with Crippen LogP contribution in [0.2, 0.25) is 0 Å². The first kappa shape index (κ1) is 13.9. The van der Waals surface area contributed by atoms with Gasteiger partial charge in [0.15, 0.2) is 9.84 Å². The summed E-state index contributed by atoms with van der Waals surface area (Å²) in [5.41, 5.74) is 0.921. The molecule has 0 amide bonds. The Bertz CT molecular complexity index is 585. The van der Waals surface area contributed by atoms with Gasteiger partial charge in [-0.3, -0.25) is 0 Å². The van der Waals surface area contributed by atoms with E-state index in [1.165, 1.54) is 32.1 Å². The number of rotatable bonds is 3. The lowest BCUT2D eigenvalue weighted by Crippen LogP contribution is -2.42.